The van der Waals surface area contributed by atoms with Crippen LogP contribution in [0.2, 0.25) is 0 Å². The number of sulfonamides is 1. The minimum Gasteiger partial charge on any atom is -0.356 e. The van der Waals surface area contributed by atoms with Crippen LogP contribution in [0.4, 0.5) is 0 Å². The van der Waals surface area contributed by atoms with E-state index in [1.165, 1.54) is 10.6 Å². The van der Waals surface area contributed by atoms with Gasteiger partial charge in [0.2, 0.25) is 15.9 Å². The molecular weight excluding hydrogens is 292 g/mol. The fourth-order valence-electron chi connectivity index (χ4n) is 2.39. The highest BCUT2D eigenvalue weighted by Crippen LogP contribution is 2.24. The molecule has 0 saturated heterocycles. The van der Waals surface area contributed by atoms with Gasteiger partial charge in [0.15, 0.2) is 0 Å². The average molecular weight is 314 g/mol. The molecule has 0 saturated carbocycles. The van der Waals surface area contributed by atoms with Gasteiger partial charge in [0.1, 0.15) is 0 Å². The minimum atomic E-state index is -3.23. The molecule has 0 spiro atoms. The van der Waals surface area contributed by atoms with Gasteiger partial charge in [0.25, 0.3) is 0 Å². The van der Waals surface area contributed by atoms with Gasteiger partial charge in [0.05, 0.1) is 24.5 Å². The molecule has 2 rings (SSSR count). The first-order valence-electron chi connectivity index (χ1n) is 7.04. The highest BCUT2D eigenvalue weighted by molar-refractivity contribution is 7.88. The largest absolute Gasteiger partial charge is 0.356 e. The van der Waals surface area contributed by atoms with Gasteiger partial charge in [-0.3, -0.25) is 9.48 Å². The lowest BCUT2D eigenvalue weighted by Gasteiger charge is -2.32. The summed E-state index contributed by atoms with van der Waals surface area (Å²) in [5.41, 5.74) is 0.881. The molecule has 1 aromatic rings. The Morgan fingerprint density at radius 2 is 2.24 bits per heavy atom. The van der Waals surface area contributed by atoms with E-state index in [4.69, 9.17) is 0 Å². The molecular formula is C13H22N4O3S. The molecule has 21 heavy (non-hydrogen) atoms. The van der Waals surface area contributed by atoms with Gasteiger partial charge in [0, 0.05) is 25.2 Å². The maximum Gasteiger partial charge on any atom is 0.222 e. The lowest BCUT2D eigenvalue weighted by molar-refractivity contribution is -0.124. The van der Waals surface area contributed by atoms with E-state index in [2.05, 4.69) is 10.4 Å². The summed E-state index contributed by atoms with van der Waals surface area (Å²) in [7, 11) is -3.23. The van der Waals surface area contributed by atoms with Crippen molar-refractivity contribution in [3.8, 4) is 0 Å². The standard InChI is InChI=1S/C13H22N4O3S/c1-10(2)13(18)14-6-4-11-8-16(21(3,19)20)9-12-5-7-15-17(11)12/h5,7,10-11H,4,6,8-9H2,1-3H3,(H,14,18). The zero-order valence-electron chi connectivity index (χ0n) is 12.6. The molecule has 118 valence electrons. The number of hydrogen-bond donors (Lipinski definition) is 1. The number of hydrogen-bond acceptors (Lipinski definition) is 4. The topological polar surface area (TPSA) is 84.3 Å². The third kappa shape index (κ3) is 3.82. The number of fused-ring (bicyclic) bond motifs is 1. The third-order valence-corrected chi connectivity index (χ3v) is 4.84. The van der Waals surface area contributed by atoms with Crippen molar-refractivity contribution >= 4 is 15.9 Å². The van der Waals surface area contributed by atoms with Crippen LogP contribution in [-0.2, 0) is 21.4 Å². The Hall–Kier alpha value is -1.41. The lowest BCUT2D eigenvalue weighted by Crippen LogP contribution is -2.42. The molecule has 1 aliphatic heterocycles. The van der Waals surface area contributed by atoms with Crippen molar-refractivity contribution in [3.63, 3.8) is 0 Å². The van der Waals surface area contributed by atoms with Gasteiger partial charge >= 0.3 is 0 Å². The predicted molar refractivity (Wildman–Crippen MR) is 79.0 cm³/mol. The number of aromatic nitrogens is 2. The van der Waals surface area contributed by atoms with Crippen LogP contribution >= 0.6 is 0 Å². The maximum atomic E-state index is 11.8. The molecule has 7 nitrogen and oxygen atoms in total. The average Bonchev–Trinajstić information content (AvgIpc) is 2.85. The molecule has 1 amide bonds. The summed E-state index contributed by atoms with van der Waals surface area (Å²) in [6.07, 6.45) is 3.55. The van der Waals surface area contributed by atoms with Gasteiger partial charge in [-0.1, -0.05) is 13.8 Å². The summed E-state index contributed by atoms with van der Waals surface area (Å²) in [4.78, 5) is 11.6. The van der Waals surface area contributed by atoms with Crippen molar-refractivity contribution in [3.05, 3.63) is 18.0 Å². The van der Waals surface area contributed by atoms with E-state index < -0.39 is 10.0 Å². The van der Waals surface area contributed by atoms with Crippen LogP contribution in [0, 0.1) is 5.92 Å². The molecule has 8 heteroatoms. The van der Waals surface area contributed by atoms with Crippen LogP contribution in [0.3, 0.4) is 0 Å². The molecule has 2 heterocycles. The van der Waals surface area contributed by atoms with Crippen molar-refractivity contribution in [1.29, 1.82) is 0 Å². The third-order valence-electron chi connectivity index (χ3n) is 3.62. The Morgan fingerprint density at radius 3 is 2.86 bits per heavy atom. The Labute approximate surface area is 125 Å². The molecule has 1 unspecified atom stereocenters. The molecule has 1 N–H and O–H groups in total. The second kappa shape index (κ2) is 6.15. The zero-order chi connectivity index (χ0) is 15.6. The molecule has 0 aromatic carbocycles. The van der Waals surface area contributed by atoms with E-state index >= 15 is 0 Å². The molecule has 1 aliphatic rings. The monoisotopic (exact) mass is 314 g/mol. The van der Waals surface area contributed by atoms with Crippen molar-refractivity contribution in [2.24, 2.45) is 5.92 Å². The van der Waals surface area contributed by atoms with Crippen LogP contribution < -0.4 is 5.32 Å². The second-order valence-corrected chi connectivity index (χ2v) is 7.69. The lowest BCUT2D eigenvalue weighted by atomic mass is 10.1. The number of nitrogens with one attached hydrogen (secondary N) is 1. The summed E-state index contributed by atoms with van der Waals surface area (Å²) in [5.74, 6) is -0.0457. The number of carbonyl (C=O) groups excluding carboxylic acids is 1. The first kappa shape index (κ1) is 16.0. The molecule has 1 atom stereocenters. The van der Waals surface area contributed by atoms with Crippen LogP contribution in [-0.4, -0.2) is 47.8 Å². The number of amides is 1. The summed E-state index contributed by atoms with van der Waals surface area (Å²) in [6, 6.07) is 1.78. The smallest absolute Gasteiger partial charge is 0.222 e. The summed E-state index contributed by atoms with van der Waals surface area (Å²) >= 11 is 0. The van der Waals surface area contributed by atoms with Crippen LogP contribution in [0.1, 0.15) is 32.0 Å². The van der Waals surface area contributed by atoms with Gasteiger partial charge in [-0.15, -0.1) is 0 Å². The van der Waals surface area contributed by atoms with E-state index in [-0.39, 0.29) is 17.9 Å². The van der Waals surface area contributed by atoms with Crippen molar-refractivity contribution in [1.82, 2.24) is 19.4 Å². The number of rotatable bonds is 5. The van der Waals surface area contributed by atoms with Crippen LogP contribution in [0.15, 0.2) is 12.3 Å². The van der Waals surface area contributed by atoms with Crippen LogP contribution in [0.25, 0.3) is 0 Å². The fourth-order valence-corrected chi connectivity index (χ4v) is 3.20. The first-order chi connectivity index (χ1) is 9.79. The molecule has 0 bridgehead atoms. The summed E-state index contributed by atoms with van der Waals surface area (Å²) in [5, 5.41) is 7.13. The van der Waals surface area contributed by atoms with Gasteiger partial charge in [-0.2, -0.15) is 9.40 Å². The van der Waals surface area contributed by atoms with E-state index in [0.29, 0.717) is 26.1 Å². The fraction of sp³-hybridized carbons (Fsp3) is 0.692. The minimum absolute atomic E-state index is 0.00599. The zero-order valence-corrected chi connectivity index (χ0v) is 13.4. The molecule has 0 aliphatic carbocycles. The summed E-state index contributed by atoms with van der Waals surface area (Å²) in [6.45, 7) is 4.94. The van der Waals surface area contributed by atoms with Crippen molar-refractivity contribution in [2.45, 2.75) is 32.9 Å². The Morgan fingerprint density at radius 1 is 1.52 bits per heavy atom. The van der Waals surface area contributed by atoms with Crippen molar-refractivity contribution < 1.29 is 13.2 Å². The van der Waals surface area contributed by atoms with Gasteiger partial charge in [-0.25, -0.2) is 8.42 Å². The Kier molecular flexibility index (Phi) is 4.67. The van der Waals surface area contributed by atoms with E-state index in [1.54, 1.807) is 6.20 Å². The molecule has 0 fully saturated rings. The number of carbonyl (C=O) groups is 1. The highest BCUT2D eigenvalue weighted by Gasteiger charge is 2.30. The van der Waals surface area contributed by atoms with Crippen LogP contribution in [0.5, 0.6) is 0 Å². The second-order valence-electron chi connectivity index (χ2n) is 5.71. The quantitative estimate of drug-likeness (QED) is 0.850. The van der Waals surface area contributed by atoms with E-state index in [0.717, 1.165) is 5.69 Å². The highest BCUT2D eigenvalue weighted by atomic mass is 32.2. The SMILES string of the molecule is CC(C)C(=O)NCCC1CN(S(C)(=O)=O)Cc2ccnn21. The Balaban J connectivity index is 2.03. The molecule has 0 radical (unpaired) electrons. The van der Waals surface area contributed by atoms with Crippen molar-refractivity contribution in [2.75, 3.05) is 19.3 Å². The number of nitrogens with zero attached hydrogens (tertiary/aromatic N) is 3. The maximum absolute atomic E-state index is 11.8. The van der Waals surface area contributed by atoms with Gasteiger partial charge < -0.3 is 5.32 Å². The Bertz CT molecular complexity index is 609. The first-order valence-corrected chi connectivity index (χ1v) is 8.89. The normalized spacial score (nSPS) is 19.5. The van der Waals surface area contributed by atoms with Gasteiger partial charge in [-0.05, 0) is 12.5 Å². The molecule has 1 aromatic heterocycles. The van der Waals surface area contributed by atoms with E-state index in [1.807, 2.05) is 24.6 Å². The summed E-state index contributed by atoms with van der Waals surface area (Å²) < 4.78 is 26.8. The van der Waals surface area contributed by atoms with E-state index in [9.17, 15) is 13.2 Å². The predicted octanol–water partition coefficient (Wildman–Crippen LogP) is 0.362.